The molecule has 1 N–H and O–H groups in total. The van der Waals surface area contributed by atoms with Crippen LogP contribution in [0.15, 0.2) is 24.3 Å². The fourth-order valence-corrected chi connectivity index (χ4v) is 1.96. The predicted octanol–water partition coefficient (Wildman–Crippen LogP) is 2.86. The minimum absolute atomic E-state index is 0.589. The van der Waals surface area contributed by atoms with E-state index in [9.17, 15) is 0 Å². The lowest BCUT2D eigenvalue weighted by molar-refractivity contribution is 0.323. The molecule has 0 heterocycles. The van der Waals surface area contributed by atoms with E-state index in [0.717, 1.165) is 13.1 Å². The molecule has 0 aliphatic carbocycles. The van der Waals surface area contributed by atoms with Crippen LogP contribution >= 0.6 is 0 Å². The van der Waals surface area contributed by atoms with Crippen molar-refractivity contribution in [2.45, 2.75) is 39.7 Å². The highest BCUT2D eigenvalue weighted by Crippen LogP contribution is 2.06. The van der Waals surface area contributed by atoms with Crippen LogP contribution in [0.5, 0.6) is 0 Å². The molecule has 0 saturated carbocycles. The highest BCUT2D eigenvalue weighted by molar-refractivity contribution is 5.21. The minimum atomic E-state index is 0.589. The summed E-state index contributed by atoms with van der Waals surface area (Å²) in [7, 11) is 2.21. The van der Waals surface area contributed by atoms with E-state index in [1.54, 1.807) is 0 Å². The van der Waals surface area contributed by atoms with E-state index >= 15 is 0 Å². The number of hydrogen-bond donors (Lipinski definition) is 1. The maximum Gasteiger partial charge on any atom is 0.0104 e. The third kappa shape index (κ3) is 6.77. The molecule has 102 valence electrons. The molecule has 0 amide bonds. The summed E-state index contributed by atoms with van der Waals surface area (Å²) in [5.41, 5.74) is 2.80. The van der Waals surface area contributed by atoms with Gasteiger partial charge in [-0.1, -0.05) is 43.7 Å². The molecule has 0 spiro atoms. The maximum atomic E-state index is 3.45. The number of nitrogens with zero attached hydrogens (tertiary/aromatic N) is 1. The van der Waals surface area contributed by atoms with Gasteiger partial charge in [-0.2, -0.15) is 0 Å². The Kier molecular flexibility index (Phi) is 6.99. The fourth-order valence-electron chi connectivity index (χ4n) is 1.96. The van der Waals surface area contributed by atoms with Gasteiger partial charge in [-0.05, 0) is 38.9 Å². The number of nitrogens with one attached hydrogen (secondary N) is 1. The molecule has 0 saturated heterocycles. The van der Waals surface area contributed by atoms with Crippen LogP contribution in [0, 0.1) is 6.92 Å². The first kappa shape index (κ1) is 15.2. The first-order chi connectivity index (χ1) is 8.58. The summed E-state index contributed by atoms with van der Waals surface area (Å²) in [6.07, 6.45) is 2.42. The van der Waals surface area contributed by atoms with Crippen LogP contribution in [-0.4, -0.2) is 37.6 Å². The van der Waals surface area contributed by atoms with Crippen molar-refractivity contribution in [1.82, 2.24) is 10.2 Å². The Hall–Kier alpha value is -0.860. The van der Waals surface area contributed by atoms with Gasteiger partial charge in [-0.15, -0.1) is 0 Å². The molecular formula is C16H28N2. The Morgan fingerprint density at radius 2 is 1.78 bits per heavy atom. The van der Waals surface area contributed by atoms with E-state index in [1.807, 2.05) is 0 Å². The van der Waals surface area contributed by atoms with Crippen molar-refractivity contribution in [2.75, 3.05) is 26.7 Å². The fraction of sp³-hybridized carbons (Fsp3) is 0.625. The minimum Gasteiger partial charge on any atom is -0.313 e. The Balaban J connectivity index is 2.11. The molecule has 0 unspecified atom stereocenters. The lowest BCUT2D eigenvalue weighted by Crippen LogP contribution is -2.33. The van der Waals surface area contributed by atoms with Crippen LogP contribution < -0.4 is 5.32 Å². The lowest BCUT2D eigenvalue weighted by Gasteiger charge is -2.17. The van der Waals surface area contributed by atoms with Crippen LogP contribution in [0.4, 0.5) is 0 Å². The van der Waals surface area contributed by atoms with Gasteiger partial charge in [0.05, 0.1) is 0 Å². The van der Waals surface area contributed by atoms with Gasteiger partial charge in [0, 0.05) is 19.1 Å². The van der Waals surface area contributed by atoms with Crippen LogP contribution in [0.3, 0.4) is 0 Å². The SMILES string of the molecule is Cc1ccc(CCCN(C)CCNC(C)C)cc1. The molecule has 2 heteroatoms. The average molecular weight is 248 g/mol. The van der Waals surface area contributed by atoms with Gasteiger partial charge in [0.1, 0.15) is 0 Å². The van der Waals surface area contributed by atoms with Crippen LogP contribution in [0.1, 0.15) is 31.4 Å². The summed E-state index contributed by atoms with van der Waals surface area (Å²) in [4.78, 5) is 2.41. The Labute approximate surface area is 112 Å². The Morgan fingerprint density at radius 3 is 2.39 bits per heavy atom. The summed E-state index contributed by atoms with van der Waals surface area (Å²) in [5, 5.41) is 3.45. The van der Waals surface area contributed by atoms with Crippen molar-refractivity contribution < 1.29 is 0 Å². The van der Waals surface area contributed by atoms with Gasteiger partial charge >= 0.3 is 0 Å². The quantitative estimate of drug-likeness (QED) is 0.761. The van der Waals surface area contributed by atoms with E-state index in [0.29, 0.717) is 6.04 Å². The molecule has 0 aromatic heterocycles. The molecular weight excluding hydrogens is 220 g/mol. The topological polar surface area (TPSA) is 15.3 Å². The molecule has 0 bridgehead atoms. The Morgan fingerprint density at radius 1 is 1.11 bits per heavy atom. The molecule has 0 aliphatic rings. The zero-order chi connectivity index (χ0) is 13.4. The first-order valence-electron chi connectivity index (χ1n) is 7.05. The van der Waals surface area contributed by atoms with E-state index in [1.165, 1.54) is 30.5 Å². The van der Waals surface area contributed by atoms with Gasteiger partial charge in [0.25, 0.3) is 0 Å². The van der Waals surface area contributed by atoms with Gasteiger partial charge in [-0.3, -0.25) is 0 Å². The van der Waals surface area contributed by atoms with E-state index < -0.39 is 0 Å². The smallest absolute Gasteiger partial charge is 0.0104 e. The van der Waals surface area contributed by atoms with Crippen LogP contribution in [0.2, 0.25) is 0 Å². The lowest BCUT2D eigenvalue weighted by atomic mass is 10.1. The molecule has 18 heavy (non-hydrogen) atoms. The van der Waals surface area contributed by atoms with Gasteiger partial charge in [0.15, 0.2) is 0 Å². The molecule has 0 fully saturated rings. The van der Waals surface area contributed by atoms with Gasteiger partial charge < -0.3 is 10.2 Å². The van der Waals surface area contributed by atoms with Crippen molar-refractivity contribution in [2.24, 2.45) is 0 Å². The maximum absolute atomic E-state index is 3.45. The van der Waals surface area contributed by atoms with Crippen LogP contribution in [-0.2, 0) is 6.42 Å². The van der Waals surface area contributed by atoms with Crippen molar-refractivity contribution in [3.05, 3.63) is 35.4 Å². The second-order valence-corrected chi connectivity index (χ2v) is 5.50. The summed E-state index contributed by atoms with van der Waals surface area (Å²) in [6, 6.07) is 9.48. The first-order valence-corrected chi connectivity index (χ1v) is 7.05. The third-order valence-corrected chi connectivity index (χ3v) is 3.17. The van der Waals surface area contributed by atoms with Crippen molar-refractivity contribution in [3.8, 4) is 0 Å². The Bertz CT molecular complexity index is 316. The van der Waals surface area contributed by atoms with E-state index in [2.05, 4.69) is 62.3 Å². The number of benzene rings is 1. The van der Waals surface area contributed by atoms with Crippen molar-refractivity contribution in [1.29, 1.82) is 0 Å². The molecule has 0 aliphatic heterocycles. The van der Waals surface area contributed by atoms with Crippen LogP contribution in [0.25, 0.3) is 0 Å². The number of aryl methyl sites for hydroxylation is 2. The molecule has 0 atom stereocenters. The van der Waals surface area contributed by atoms with Crippen molar-refractivity contribution >= 4 is 0 Å². The summed E-state index contributed by atoms with van der Waals surface area (Å²) in [6.45, 7) is 9.91. The largest absolute Gasteiger partial charge is 0.313 e. The number of hydrogen-bond acceptors (Lipinski definition) is 2. The second kappa shape index (κ2) is 8.28. The summed E-state index contributed by atoms with van der Waals surface area (Å²) >= 11 is 0. The van der Waals surface area contributed by atoms with E-state index in [-0.39, 0.29) is 0 Å². The number of likely N-dealkylation sites (N-methyl/N-ethyl adjacent to an activating group) is 1. The molecule has 2 nitrogen and oxygen atoms in total. The standard InChI is InChI=1S/C16H28N2/c1-14(2)17-11-13-18(4)12-5-6-16-9-7-15(3)8-10-16/h7-10,14,17H,5-6,11-13H2,1-4H3. The average Bonchev–Trinajstić information content (AvgIpc) is 2.31. The van der Waals surface area contributed by atoms with E-state index in [4.69, 9.17) is 0 Å². The number of rotatable bonds is 8. The normalized spacial score (nSPS) is 11.4. The van der Waals surface area contributed by atoms with Crippen molar-refractivity contribution in [3.63, 3.8) is 0 Å². The third-order valence-electron chi connectivity index (χ3n) is 3.17. The highest BCUT2D eigenvalue weighted by atomic mass is 15.1. The highest BCUT2D eigenvalue weighted by Gasteiger charge is 1.99. The zero-order valence-electron chi connectivity index (χ0n) is 12.4. The monoisotopic (exact) mass is 248 g/mol. The molecule has 1 aromatic carbocycles. The predicted molar refractivity (Wildman–Crippen MR) is 80.1 cm³/mol. The van der Waals surface area contributed by atoms with Gasteiger partial charge in [0.2, 0.25) is 0 Å². The summed E-state index contributed by atoms with van der Waals surface area (Å²) in [5.74, 6) is 0. The molecule has 0 radical (unpaired) electrons. The zero-order valence-corrected chi connectivity index (χ0v) is 12.4. The summed E-state index contributed by atoms with van der Waals surface area (Å²) < 4.78 is 0. The second-order valence-electron chi connectivity index (χ2n) is 5.50. The molecule has 1 aromatic rings. The van der Waals surface area contributed by atoms with Gasteiger partial charge in [-0.25, -0.2) is 0 Å². The molecule has 1 rings (SSSR count).